The Morgan fingerprint density at radius 3 is 2.62 bits per heavy atom. The standard InChI is InChI=1S/C17H20FN3O3S2/c1-12-9-15(21-24-12)20-17(23)11-25-10-16(22)19-7-2-8-26-14-5-3-13(18)4-6-14/h3-6,9H,2,7-8,10-11H2,1H3,(H,19,22)(H,20,21,23). The van der Waals surface area contributed by atoms with Crippen molar-refractivity contribution in [2.24, 2.45) is 0 Å². The molecular weight excluding hydrogens is 377 g/mol. The number of carbonyl (C=O) groups excluding carboxylic acids is 2. The molecule has 0 radical (unpaired) electrons. The molecule has 0 fully saturated rings. The Bertz CT molecular complexity index is 722. The Morgan fingerprint density at radius 1 is 1.19 bits per heavy atom. The minimum absolute atomic E-state index is 0.105. The molecular formula is C17H20FN3O3S2. The topological polar surface area (TPSA) is 84.2 Å². The maximum absolute atomic E-state index is 12.8. The molecule has 1 aromatic carbocycles. The SMILES string of the molecule is Cc1cc(NC(=O)CSCC(=O)NCCCSc2ccc(F)cc2)no1. The molecule has 6 nitrogen and oxygen atoms in total. The van der Waals surface area contributed by atoms with Crippen LogP contribution in [0.15, 0.2) is 39.8 Å². The number of hydrogen-bond acceptors (Lipinski definition) is 6. The third-order valence-electron chi connectivity index (χ3n) is 3.09. The lowest BCUT2D eigenvalue weighted by Crippen LogP contribution is -2.27. The number of anilines is 1. The third kappa shape index (κ3) is 7.92. The monoisotopic (exact) mass is 397 g/mol. The molecule has 9 heteroatoms. The lowest BCUT2D eigenvalue weighted by molar-refractivity contribution is -0.118. The molecule has 0 aliphatic heterocycles. The van der Waals surface area contributed by atoms with Crippen LogP contribution in [0, 0.1) is 12.7 Å². The quantitative estimate of drug-likeness (QED) is 0.473. The summed E-state index contributed by atoms with van der Waals surface area (Å²) < 4.78 is 17.6. The van der Waals surface area contributed by atoms with Gasteiger partial charge in [-0.2, -0.15) is 0 Å². The van der Waals surface area contributed by atoms with Crippen LogP contribution >= 0.6 is 23.5 Å². The summed E-state index contributed by atoms with van der Waals surface area (Å²) in [6.45, 7) is 2.30. The first-order valence-electron chi connectivity index (χ1n) is 7.99. The summed E-state index contributed by atoms with van der Waals surface area (Å²) in [7, 11) is 0. The average molecular weight is 397 g/mol. The summed E-state index contributed by atoms with van der Waals surface area (Å²) in [5.74, 6) is 1.62. The van der Waals surface area contributed by atoms with Crippen molar-refractivity contribution in [1.29, 1.82) is 0 Å². The zero-order chi connectivity index (χ0) is 18.8. The normalized spacial score (nSPS) is 10.5. The van der Waals surface area contributed by atoms with E-state index in [4.69, 9.17) is 4.52 Å². The number of carbonyl (C=O) groups is 2. The van der Waals surface area contributed by atoms with Crippen LogP contribution < -0.4 is 10.6 Å². The van der Waals surface area contributed by atoms with E-state index in [-0.39, 0.29) is 29.1 Å². The van der Waals surface area contributed by atoms with E-state index in [2.05, 4.69) is 15.8 Å². The molecule has 2 amide bonds. The fraction of sp³-hybridized carbons (Fsp3) is 0.353. The van der Waals surface area contributed by atoms with Gasteiger partial charge in [-0.15, -0.1) is 23.5 Å². The first-order valence-corrected chi connectivity index (χ1v) is 10.1. The second-order valence-corrected chi connectivity index (χ2v) is 7.52. The second-order valence-electron chi connectivity index (χ2n) is 5.37. The van der Waals surface area contributed by atoms with Crippen molar-refractivity contribution >= 4 is 41.2 Å². The number of thioether (sulfide) groups is 2. The van der Waals surface area contributed by atoms with Crippen molar-refractivity contribution in [2.75, 3.05) is 29.1 Å². The van der Waals surface area contributed by atoms with E-state index in [1.165, 1.54) is 23.9 Å². The largest absolute Gasteiger partial charge is 0.360 e. The molecule has 0 aliphatic carbocycles. The number of aromatic nitrogens is 1. The summed E-state index contributed by atoms with van der Waals surface area (Å²) in [6, 6.07) is 7.96. The Kier molecular flexibility index (Phi) is 8.49. The zero-order valence-electron chi connectivity index (χ0n) is 14.3. The Balaban J connectivity index is 1.49. The summed E-state index contributed by atoms with van der Waals surface area (Å²) in [6.07, 6.45) is 0.810. The van der Waals surface area contributed by atoms with Gasteiger partial charge in [0.05, 0.1) is 11.5 Å². The number of hydrogen-bond donors (Lipinski definition) is 2. The molecule has 0 aliphatic rings. The van der Waals surface area contributed by atoms with E-state index >= 15 is 0 Å². The highest BCUT2D eigenvalue weighted by Gasteiger charge is 2.08. The first kappa shape index (κ1) is 20.3. The van der Waals surface area contributed by atoms with E-state index in [1.54, 1.807) is 36.9 Å². The van der Waals surface area contributed by atoms with Gasteiger partial charge in [-0.1, -0.05) is 5.16 Å². The molecule has 0 bridgehead atoms. The van der Waals surface area contributed by atoms with E-state index in [9.17, 15) is 14.0 Å². The summed E-state index contributed by atoms with van der Waals surface area (Å²) in [4.78, 5) is 24.4. The molecule has 0 atom stereocenters. The van der Waals surface area contributed by atoms with Gasteiger partial charge in [0.1, 0.15) is 11.6 Å². The molecule has 140 valence electrons. The fourth-order valence-corrected chi connectivity index (χ4v) is 3.41. The van der Waals surface area contributed by atoms with Crippen LogP contribution in [0.25, 0.3) is 0 Å². The van der Waals surface area contributed by atoms with E-state index in [0.717, 1.165) is 17.1 Å². The van der Waals surface area contributed by atoms with Crippen LogP contribution in [0.1, 0.15) is 12.2 Å². The molecule has 1 aromatic heterocycles. The Morgan fingerprint density at radius 2 is 1.92 bits per heavy atom. The lowest BCUT2D eigenvalue weighted by Gasteiger charge is -2.05. The van der Waals surface area contributed by atoms with Crippen molar-refractivity contribution in [1.82, 2.24) is 10.5 Å². The molecule has 26 heavy (non-hydrogen) atoms. The summed E-state index contributed by atoms with van der Waals surface area (Å²) in [5.41, 5.74) is 0. The zero-order valence-corrected chi connectivity index (χ0v) is 15.9. The van der Waals surface area contributed by atoms with E-state index < -0.39 is 0 Å². The number of amides is 2. The van der Waals surface area contributed by atoms with Gasteiger partial charge in [-0.05, 0) is 43.4 Å². The van der Waals surface area contributed by atoms with Gasteiger partial charge in [0, 0.05) is 17.5 Å². The highest BCUT2D eigenvalue weighted by Crippen LogP contribution is 2.18. The Hall–Kier alpha value is -2.00. The fourth-order valence-electron chi connectivity index (χ4n) is 1.91. The van der Waals surface area contributed by atoms with E-state index in [0.29, 0.717) is 18.1 Å². The smallest absolute Gasteiger partial charge is 0.235 e. The van der Waals surface area contributed by atoms with Crippen molar-refractivity contribution in [3.05, 3.63) is 41.9 Å². The van der Waals surface area contributed by atoms with Crippen LogP contribution in [-0.4, -0.2) is 40.8 Å². The molecule has 2 aromatic rings. The Labute approximate surface area is 159 Å². The third-order valence-corrected chi connectivity index (χ3v) is 5.12. The molecule has 2 N–H and O–H groups in total. The van der Waals surface area contributed by atoms with Gasteiger partial charge in [-0.3, -0.25) is 9.59 Å². The van der Waals surface area contributed by atoms with Crippen LogP contribution in [-0.2, 0) is 9.59 Å². The number of benzene rings is 1. The van der Waals surface area contributed by atoms with Crippen LogP contribution in [0.3, 0.4) is 0 Å². The van der Waals surface area contributed by atoms with Crippen molar-refractivity contribution < 1.29 is 18.5 Å². The van der Waals surface area contributed by atoms with Crippen molar-refractivity contribution in [2.45, 2.75) is 18.2 Å². The molecule has 0 saturated heterocycles. The van der Waals surface area contributed by atoms with Gasteiger partial charge in [0.15, 0.2) is 5.82 Å². The van der Waals surface area contributed by atoms with Crippen molar-refractivity contribution in [3.8, 4) is 0 Å². The lowest BCUT2D eigenvalue weighted by atomic mass is 10.4. The summed E-state index contributed by atoms with van der Waals surface area (Å²) in [5, 5.41) is 9.07. The highest BCUT2D eigenvalue weighted by molar-refractivity contribution is 8.00. The van der Waals surface area contributed by atoms with Crippen LogP contribution in [0.2, 0.25) is 0 Å². The summed E-state index contributed by atoms with van der Waals surface area (Å²) >= 11 is 2.85. The predicted octanol–water partition coefficient (Wildman–Crippen LogP) is 3.09. The van der Waals surface area contributed by atoms with Gasteiger partial charge < -0.3 is 15.2 Å². The van der Waals surface area contributed by atoms with E-state index in [1.807, 2.05) is 0 Å². The average Bonchev–Trinajstić information content (AvgIpc) is 3.01. The molecule has 0 unspecified atom stereocenters. The minimum Gasteiger partial charge on any atom is -0.360 e. The minimum atomic E-state index is -0.246. The van der Waals surface area contributed by atoms with Gasteiger partial charge in [-0.25, -0.2) is 4.39 Å². The van der Waals surface area contributed by atoms with Crippen LogP contribution in [0.4, 0.5) is 10.2 Å². The molecule has 0 spiro atoms. The number of rotatable bonds is 10. The first-order chi connectivity index (χ1) is 12.5. The highest BCUT2D eigenvalue weighted by atomic mass is 32.2. The van der Waals surface area contributed by atoms with Gasteiger partial charge >= 0.3 is 0 Å². The molecule has 0 saturated carbocycles. The van der Waals surface area contributed by atoms with Crippen LogP contribution in [0.5, 0.6) is 0 Å². The van der Waals surface area contributed by atoms with Gasteiger partial charge in [0.25, 0.3) is 0 Å². The number of nitrogens with one attached hydrogen (secondary N) is 2. The predicted molar refractivity (Wildman–Crippen MR) is 102 cm³/mol. The molecule has 1 heterocycles. The maximum Gasteiger partial charge on any atom is 0.235 e. The maximum atomic E-state index is 12.8. The number of halogens is 1. The van der Waals surface area contributed by atoms with Crippen molar-refractivity contribution in [3.63, 3.8) is 0 Å². The number of aryl methyl sites for hydroxylation is 1. The second kappa shape index (κ2) is 10.9. The van der Waals surface area contributed by atoms with Gasteiger partial charge in [0.2, 0.25) is 11.8 Å². The number of nitrogens with zero attached hydrogens (tertiary/aromatic N) is 1. The molecule has 2 rings (SSSR count).